The van der Waals surface area contributed by atoms with Crippen molar-refractivity contribution in [3.05, 3.63) is 23.9 Å². The van der Waals surface area contributed by atoms with E-state index in [9.17, 15) is 14.4 Å². The largest absolute Gasteiger partial charge is 0.357 e. The van der Waals surface area contributed by atoms with Gasteiger partial charge in [0.1, 0.15) is 5.82 Å². The summed E-state index contributed by atoms with van der Waals surface area (Å²) >= 11 is 0. The Hall–Kier alpha value is -2.48. The van der Waals surface area contributed by atoms with E-state index in [-0.39, 0.29) is 23.7 Å². The van der Waals surface area contributed by atoms with Crippen molar-refractivity contribution in [2.45, 2.75) is 31.6 Å². The number of hydrogen-bond acceptors (Lipinski definition) is 6. The zero-order chi connectivity index (χ0) is 20.4. The minimum Gasteiger partial charge on any atom is -0.357 e. The molecule has 3 aliphatic rings. The van der Waals surface area contributed by atoms with Gasteiger partial charge in [0.05, 0.1) is 5.92 Å². The summed E-state index contributed by atoms with van der Waals surface area (Å²) in [6.07, 6.45) is 4.35. The van der Waals surface area contributed by atoms with Gasteiger partial charge in [0, 0.05) is 57.8 Å². The average molecular weight is 399 g/mol. The first kappa shape index (κ1) is 19.8. The van der Waals surface area contributed by atoms with Gasteiger partial charge < -0.3 is 14.7 Å². The zero-order valence-corrected chi connectivity index (χ0v) is 17.0. The second-order valence-corrected chi connectivity index (χ2v) is 8.34. The van der Waals surface area contributed by atoms with E-state index in [1.807, 2.05) is 17.0 Å². The molecule has 0 bridgehead atoms. The summed E-state index contributed by atoms with van der Waals surface area (Å²) in [6.45, 7) is 5.20. The smallest absolute Gasteiger partial charge is 0.234 e. The molecule has 8 nitrogen and oxygen atoms in total. The van der Waals surface area contributed by atoms with E-state index in [0.717, 1.165) is 63.5 Å². The quantitative estimate of drug-likeness (QED) is 0.749. The van der Waals surface area contributed by atoms with E-state index in [2.05, 4.69) is 27.1 Å². The number of carbonyl (C=O) groups is 3. The number of carbonyl (C=O) groups excluding carboxylic acids is 3. The Morgan fingerprint density at radius 1 is 1.03 bits per heavy atom. The van der Waals surface area contributed by atoms with E-state index in [1.54, 1.807) is 6.20 Å². The van der Waals surface area contributed by atoms with Crippen LogP contribution in [0.3, 0.4) is 0 Å². The number of piperidine rings is 2. The van der Waals surface area contributed by atoms with Crippen molar-refractivity contribution in [1.29, 1.82) is 0 Å². The SMILES string of the molecule is CN1CCN(C(=O)C2CCN(c3ccc(C4CCC(=O)NC4=O)cn3)CC2)CC1. The van der Waals surface area contributed by atoms with E-state index in [0.29, 0.717) is 18.7 Å². The third-order valence-electron chi connectivity index (χ3n) is 6.40. The van der Waals surface area contributed by atoms with E-state index in [1.165, 1.54) is 0 Å². The second kappa shape index (κ2) is 8.49. The molecule has 0 aromatic carbocycles. The highest BCUT2D eigenvalue weighted by Crippen LogP contribution is 2.27. The molecule has 0 spiro atoms. The summed E-state index contributed by atoms with van der Waals surface area (Å²) in [7, 11) is 2.10. The van der Waals surface area contributed by atoms with Crippen LogP contribution in [-0.2, 0) is 14.4 Å². The number of nitrogens with zero attached hydrogens (tertiary/aromatic N) is 4. The Labute approximate surface area is 171 Å². The Balaban J connectivity index is 1.31. The van der Waals surface area contributed by atoms with Crippen molar-refractivity contribution in [2.24, 2.45) is 5.92 Å². The van der Waals surface area contributed by atoms with Gasteiger partial charge in [-0.1, -0.05) is 6.07 Å². The summed E-state index contributed by atoms with van der Waals surface area (Å²) in [5.74, 6) is 0.549. The Kier molecular flexibility index (Phi) is 5.80. The predicted octanol–water partition coefficient (Wildman–Crippen LogP) is 0.592. The van der Waals surface area contributed by atoms with Crippen molar-refractivity contribution in [2.75, 3.05) is 51.2 Å². The van der Waals surface area contributed by atoms with Gasteiger partial charge in [-0.3, -0.25) is 19.7 Å². The molecule has 1 atom stereocenters. The summed E-state index contributed by atoms with van der Waals surface area (Å²) in [6, 6.07) is 3.88. The molecule has 0 radical (unpaired) electrons. The highest BCUT2D eigenvalue weighted by Gasteiger charge is 2.31. The number of rotatable bonds is 3. The first-order valence-electron chi connectivity index (χ1n) is 10.5. The van der Waals surface area contributed by atoms with Crippen molar-refractivity contribution in [3.8, 4) is 0 Å². The number of imide groups is 1. The molecular weight excluding hydrogens is 370 g/mol. The fourth-order valence-electron chi connectivity index (χ4n) is 4.44. The molecule has 156 valence electrons. The number of nitrogens with one attached hydrogen (secondary N) is 1. The van der Waals surface area contributed by atoms with E-state index in [4.69, 9.17) is 0 Å². The van der Waals surface area contributed by atoms with Crippen LogP contribution >= 0.6 is 0 Å². The van der Waals surface area contributed by atoms with Crippen LogP contribution < -0.4 is 10.2 Å². The topological polar surface area (TPSA) is 85.9 Å². The molecule has 3 amide bonds. The Bertz CT molecular complexity index is 765. The molecule has 0 saturated carbocycles. The third-order valence-corrected chi connectivity index (χ3v) is 6.40. The second-order valence-electron chi connectivity index (χ2n) is 8.34. The van der Waals surface area contributed by atoms with Crippen molar-refractivity contribution in [3.63, 3.8) is 0 Å². The predicted molar refractivity (Wildman–Crippen MR) is 108 cm³/mol. The molecule has 29 heavy (non-hydrogen) atoms. The molecule has 1 unspecified atom stereocenters. The minimum atomic E-state index is -0.304. The molecule has 3 aliphatic heterocycles. The first-order chi connectivity index (χ1) is 14.0. The maximum atomic E-state index is 12.8. The lowest BCUT2D eigenvalue weighted by molar-refractivity contribution is -0.138. The van der Waals surface area contributed by atoms with Crippen LogP contribution in [0.1, 0.15) is 37.2 Å². The van der Waals surface area contributed by atoms with E-state index < -0.39 is 0 Å². The highest BCUT2D eigenvalue weighted by molar-refractivity contribution is 6.00. The molecule has 4 rings (SSSR count). The third kappa shape index (κ3) is 4.42. The van der Waals surface area contributed by atoms with Crippen LogP contribution in [0.25, 0.3) is 0 Å². The van der Waals surface area contributed by atoms with Crippen LogP contribution in [0.2, 0.25) is 0 Å². The van der Waals surface area contributed by atoms with Gasteiger partial charge in [-0.05, 0) is 37.9 Å². The Morgan fingerprint density at radius 3 is 2.38 bits per heavy atom. The minimum absolute atomic E-state index is 0.109. The summed E-state index contributed by atoms with van der Waals surface area (Å²) in [5.41, 5.74) is 0.846. The lowest BCUT2D eigenvalue weighted by Crippen LogP contribution is -2.50. The monoisotopic (exact) mass is 399 g/mol. The molecule has 3 fully saturated rings. The van der Waals surface area contributed by atoms with Crippen molar-refractivity contribution >= 4 is 23.5 Å². The molecule has 3 saturated heterocycles. The summed E-state index contributed by atoms with van der Waals surface area (Å²) in [4.78, 5) is 47.2. The van der Waals surface area contributed by atoms with E-state index >= 15 is 0 Å². The first-order valence-corrected chi connectivity index (χ1v) is 10.5. The number of amides is 3. The number of anilines is 1. The van der Waals surface area contributed by atoms with Crippen LogP contribution in [0.15, 0.2) is 18.3 Å². The van der Waals surface area contributed by atoms with Crippen LogP contribution in [0.5, 0.6) is 0 Å². The zero-order valence-electron chi connectivity index (χ0n) is 17.0. The number of hydrogen-bond donors (Lipinski definition) is 1. The van der Waals surface area contributed by atoms with Gasteiger partial charge in [0.25, 0.3) is 0 Å². The number of piperazine rings is 1. The van der Waals surface area contributed by atoms with Crippen LogP contribution in [0.4, 0.5) is 5.82 Å². The Morgan fingerprint density at radius 2 is 1.76 bits per heavy atom. The van der Waals surface area contributed by atoms with Gasteiger partial charge in [-0.2, -0.15) is 0 Å². The molecule has 1 aromatic rings. The molecule has 8 heteroatoms. The van der Waals surface area contributed by atoms with Crippen molar-refractivity contribution in [1.82, 2.24) is 20.1 Å². The summed E-state index contributed by atoms with van der Waals surface area (Å²) < 4.78 is 0. The van der Waals surface area contributed by atoms with Gasteiger partial charge in [-0.25, -0.2) is 4.98 Å². The molecule has 1 N–H and O–H groups in total. The fraction of sp³-hybridized carbons (Fsp3) is 0.619. The number of aromatic nitrogens is 1. The molecule has 1 aromatic heterocycles. The molecular formula is C21H29N5O3. The highest BCUT2D eigenvalue weighted by atomic mass is 16.2. The standard InChI is InChI=1S/C21H29N5O3/c1-24-10-12-26(13-11-24)21(29)15-6-8-25(9-7-15)18-4-2-16(14-22-18)17-3-5-19(27)23-20(17)28/h2,4,14-15,17H,3,5-13H2,1H3,(H,23,27,28). The maximum Gasteiger partial charge on any atom is 0.234 e. The van der Waals surface area contributed by atoms with Crippen molar-refractivity contribution < 1.29 is 14.4 Å². The maximum absolute atomic E-state index is 12.8. The molecule has 4 heterocycles. The number of likely N-dealkylation sites (N-methyl/N-ethyl adjacent to an activating group) is 1. The van der Waals surface area contributed by atoms with Gasteiger partial charge >= 0.3 is 0 Å². The van der Waals surface area contributed by atoms with Crippen LogP contribution in [0, 0.1) is 5.92 Å². The van der Waals surface area contributed by atoms with Gasteiger partial charge in [-0.15, -0.1) is 0 Å². The van der Waals surface area contributed by atoms with Crippen LogP contribution in [-0.4, -0.2) is 78.8 Å². The van der Waals surface area contributed by atoms with Gasteiger partial charge in [0.15, 0.2) is 0 Å². The normalized spacial score (nSPS) is 24.5. The average Bonchev–Trinajstić information content (AvgIpc) is 2.74. The summed E-state index contributed by atoms with van der Waals surface area (Å²) in [5, 5.41) is 2.40. The lowest BCUT2D eigenvalue weighted by atomic mass is 9.91. The molecule has 0 aliphatic carbocycles. The van der Waals surface area contributed by atoms with Gasteiger partial charge in [0.2, 0.25) is 17.7 Å². The lowest BCUT2D eigenvalue weighted by Gasteiger charge is -2.38. The number of pyridine rings is 1. The fourth-order valence-corrected chi connectivity index (χ4v) is 4.44.